The number of nitrogens with one attached hydrogen (secondary N) is 1. The van der Waals surface area contributed by atoms with E-state index in [1.54, 1.807) is 0 Å². The van der Waals surface area contributed by atoms with Gasteiger partial charge in [0.15, 0.2) is 0 Å². The van der Waals surface area contributed by atoms with Crippen LogP contribution in [0.15, 0.2) is 0 Å². The second-order valence-electron chi connectivity index (χ2n) is 6.57. The Hall–Kier alpha value is -1.32. The zero-order valence-electron chi connectivity index (χ0n) is 13.7. The van der Waals surface area contributed by atoms with Crippen LogP contribution in [-0.4, -0.2) is 29.6 Å². The summed E-state index contributed by atoms with van der Waals surface area (Å²) in [6, 6.07) is 0. The largest absolute Gasteiger partial charge is 0.370 e. The van der Waals surface area contributed by atoms with Crippen molar-refractivity contribution < 1.29 is 0 Å². The minimum atomic E-state index is 0.607. The maximum Gasteiger partial charge on any atom is 0.137 e. The Bertz CT molecular complexity index is 496. The Morgan fingerprint density at radius 3 is 2.67 bits per heavy atom. The summed E-state index contributed by atoms with van der Waals surface area (Å²) < 4.78 is 0. The van der Waals surface area contributed by atoms with E-state index in [1.165, 1.54) is 50.0 Å². The number of rotatable bonds is 6. The fraction of sp³-hybridized carbons (Fsp3) is 0.765. The third kappa shape index (κ3) is 3.14. The summed E-state index contributed by atoms with van der Waals surface area (Å²) in [6.45, 7) is 9.81. The van der Waals surface area contributed by atoms with Gasteiger partial charge in [0.05, 0.1) is 0 Å². The number of anilines is 2. The lowest BCUT2D eigenvalue weighted by Gasteiger charge is -2.22. The van der Waals surface area contributed by atoms with Gasteiger partial charge >= 0.3 is 0 Å². The molecule has 2 heterocycles. The summed E-state index contributed by atoms with van der Waals surface area (Å²) in [7, 11) is 0. The smallest absolute Gasteiger partial charge is 0.137 e. The molecular formula is C17H28N4. The maximum absolute atomic E-state index is 4.93. The predicted molar refractivity (Wildman–Crippen MR) is 88.1 cm³/mol. The van der Waals surface area contributed by atoms with Crippen molar-refractivity contribution in [1.82, 2.24) is 9.97 Å². The highest BCUT2D eigenvalue weighted by molar-refractivity contribution is 5.59. The van der Waals surface area contributed by atoms with Gasteiger partial charge in [-0.05, 0) is 45.4 Å². The first-order valence-corrected chi connectivity index (χ1v) is 8.60. The van der Waals surface area contributed by atoms with Gasteiger partial charge in [-0.3, -0.25) is 0 Å². The Kier molecular flexibility index (Phi) is 4.32. The Morgan fingerprint density at radius 2 is 2.00 bits per heavy atom. The topological polar surface area (TPSA) is 41.1 Å². The summed E-state index contributed by atoms with van der Waals surface area (Å²) in [5.41, 5.74) is 1.22. The standard InChI is InChI=1S/C17H28N4/c1-4-6-13-9-10-21(11-13)17-12(3)15(18-5-2)19-16(20-17)14-7-8-14/h13-14H,4-11H2,1-3H3,(H,18,19,20). The summed E-state index contributed by atoms with van der Waals surface area (Å²) in [5, 5.41) is 3.42. The molecule has 3 rings (SSSR count). The molecule has 21 heavy (non-hydrogen) atoms. The lowest BCUT2D eigenvalue weighted by Crippen LogP contribution is -2.23. The van der Waals surface area contributed by atoms with Gasteiger partial charge in [-0.25, -0.2) is 9.97 Å². The zero-order chi connectivity index (χ0) is 14.8. The molecule has 0 spiro atoms. The Morgan fingerprint density at radius 1 is 1.19 bits per heavy atom. The van der Waals surface area contributed by atoms with E-state index in [2.05, 4.69) is 31.0 Å². The van der Waals surface area contributed by atoms with Crippen LogP contribution in [0, 0.1) is 12.8 Å². The molecule has 1 unspecified atom stereocenters. The fourth-order valence-electron chi connectivity index (χ4n) is 3.36. The minimum Gasteiger partial charge on any atom is -0.370 e. The van der Waals surface area contributed by atoms with E-state index in [-0.39, 0.29) is 0 Å². The molecule has 0 aromatic carbocycles. The normalized spacial score (nSPS) is 21.9. The highest BCUT2D eigenvalue weighted by atomic mass is 15.2. The third-order valence-corrected chi connectivity index (χ3v) is 4.71. The van der Waals surface area contributed by atoms with E-state index in [9.17, 15) is 0 Å². The molecule has 2 fully saturated rings. The summed E-state index contributed by atoms with van der Waals surface area (Å²) >= 11 is 0. The molecule has 116 valence electrons. The SMILES string of the molecule is CCCC1CCN(c2nc(C3CC3)nc(NCC)c2C)C1. The van der Waals surface area contributed by atoms with E-state index in [4.69, 9.17) is 9.97 Å². The molecule has 1 saturated carbocycles. The van der Waals surface area contributed by atoms with Gasteiger partial charge < -0.3 is 10.2 Å². The molecule has 1 aromatic rings. The highest BCUT2D eigenvalue weighted by Gasteiger charge is 2.30. The number of hydrogen-bond donors (Lipinski definition) is 1. The third-order valence-electron chi connectivity index (χ3n) is 4.71. The van der Waals surface area contributed by atoms with Crippen LogP contribution in [-0.2, 0) is 0 Å². The summed E-state index contributed by atoms with van der Waals surface area (Å²) in [5.74, 6) is 4.74. The molecule has 4 nitrogen and oxygen atoms in total. The first kappa shape index (κ1) is 14.6. The molecule has 1 aliphatic heterocycles. The van der Waals surface area contributed by atoms with Crippen molar-refractivity contribution in [2.24, 2.45) is 5.92 Å². The van der Waals surface area contributed by atoms with Gasteiger partial charge in [0.25, 0.3) is 0 Å². The van der Waals surface area contributed by atoms with Crippen molar-refractivity contribution in [1.29, 1.82) is 0 Å². The van der Waals surface area contributed by atoms with Crippen molar-refractivity contribution in [3.05, 3.63) is 11.4 Å². The molecule has 1 aliphatic carbocycles. The molecule has 1 atom stereocenters. The van der Waals surface area contributed by atoms with Gasteiger partial charge in [-0.1, -0.05) is 13.3 Å². The van der Waals surface area contributed by atoms with E-state index in [1.807, 2.05) is 0 Å². The molecule has 1 aromatic heterocycles. The highest BCUT2D eigenvalue weighted by Crippen LogP contribution is 2.40. The van der Waals surface area contributed by atoms with Crippen LogP contribution in [0.2, 0.25) is 0 Å². The van der Waals surface area contributed by atoms with Gasteiger partial charge in [0.2, 0.25) is 0 Å². The zero-order valence-corrected chi connectivity index (χ0v) is 13.7. The molecular weight excluding hydrogens is 260 g/mol. The van der Waals surface area contributed by atoms with Crippen molar-refractivity contribution in [2.45, 2.75) is 58.8 Å². The fourth-order valence-corrected chi connectivity index (χ4v) is 3.36. The molecule has 0 radical (unpaired) electrons. The van der Waals surface area contributed by atoms with Crippen LogP contribution in [0.1, 0.15) is 63.3 Å². The lowest BCUT2D eigenvalue weighted by molar-refractivity contribution is 0.529. The van der Waals surface area contributed by atoms with E-state index in [0.717, 1.165) is 30.6 Å². The molecule has 1 saturated heterocycles. The number of nitrogens with zero attached hydrogens (tertiary/aromatic N) is 3. The van der Waals surface area contributed by atoms with Crippen molar-refractivity contribution in [2.75, 3.05) is 29.9 Å². The van der Waals surface area contributed by atoms with E-state index >= 15 is 0 Å². The second kappa shape index (κ2) is 6.20. The van der Waals surface area contributed by atoms with Crippen LogP contribution in [0.3, 0.4) is 0 Å². The number of aromatic nitrogens is 2. The lowest BCUT2D eigenvalue weighted by atomic mass is 10.0. The van der Waals surface area contributed by atoms with Crippen molar-refractivity contribution >= 4 is 11.6 Å². The van der Waals surface area contributed by atoms with Gasteiger partial charge in [-0.2, -0.15) is 0 Å². The average molecular weight is 288 g/mol. The summed E-state index contributed by atoms with van der Waals surface area (Å²) in [6.07, 6.45) is 6.46. The molecule has 0 amide bonds. The first-order chi connectivity index (χ1) is 10.2. The Labute approximate surface area is 128 Å². The number of hydrogen-bond acceptors (Lipinski definition) is 4. The van der Waals surface area contributed by atoms with Crippen LogP contribution in [0.25, 0.3) is 0 Å². The molecule has 2 aliphatic rings. The second-order valence-corrected chi connectivity index (χ2v) is 6.57. The van der Waals surface area contributed by atoms with Crippen molar-refractivity contribution in [3.8, 4) is 0 Å². The van der Waals surface area contributed by atoms with Gasteiger partial charge in [0, 0.05) is 31.1 Å². The predicted octanol–water partition coefficient (Wildman–Crippen LogP) is 3.72. The van der Waals surface area contributed by atoms with E-state index in [0.29, 0.717) is 5.92 Å². The van der Waals surface area contributed by atoms with E-state index < -0.39 is 0 Å². The van der Waals surface area contributed by atoms with Crippen LogP contribution < -0.4 is 10.2 Å². The first-order valence-electron chi connectivity index (χ1n) is 8.60. The minimum absolute atomic E-state index is 0.607. The monoisotopic (exact) mass is 288 g/mol. The molecule has 1 N–H and O–H groups in total. The van der Waals surface area contributed by atoms with Gasteiger partial charge in [0.1, 0.15) is 17.5 Å². The van der Waals surface area contributed by atoms with Crippen LogP contribution >= 0.6 is 0 Å². The summed E-state index contributed by atoms with van der Waals surface area (Å²) in [4.78, 5) is 12.2. The van der Waals surface area contributed by atoms with Crippen LogP contribution in [0.5, 0.6) is 0 Å². The maximum atomic E-state index is 4.93. The Balaban J connectivity index is 1.86. The molecule has 0 bridgehead atoms. The average Bonchev–Trinajstić information content (AvgIpc) is 3.22. The van der Waals surface area contributed by atoms with Gasteiger partial charge in [-0.15, -0.1) is 0 Å². The van der Waals surface area contributed by atoms with Crippen LogP contribution in [0.4, 0.5) is 11.6 Å². The quantitative estimate of drug-likeness (QED) is 0.866. The van der Waals surface area contributed by atoms with Crippen molar-refractivity contribution in [3.63, 3.8) is 0 Å². The molecule has 4 heteroatoms.